The molecule has 1 atom stereocenters. The van der Waals surface area contributed by atoms with E-state index in [-0.39, 0.29) is 0 Å². The number of hydrogen-bond acceptors (Lipinski definition) is 2. The second-order valence-corrected chi connectivity index (χ2v) is 5.43. The molecule has 1 heterocycles. The molecule has 1 aromatic rings. The van der Waals surface area contributed by atoms with Crippen molar-refractivity contribution in [3.05, 3.63) is 34.9 Å². The Labute approximate surface area is 98.4 Å². The van der Waals surface area contributed by atoms with E-state index >= 15 is 0 Å². The van der Waals surface area contributed by atoms with Gasteiger partial charge in [-0.2, -0.15) is 0 Å². The maximum atomic E-state index is 6.11. The minimum Gasteiger partial charge on any atom is -0.268 e. The van der Waals surface area contributed by atoms with Gasteiger partial charge in [0.2, 0.25) is 0 Å². The van der Waals surface area contributed by atoms with Gasteiger partial charge < -0.3 is 0 Å². The molecule has 0 saturated carbocycles. The van der Waals surface area contributed by atoms with E-state index in [4.69, 9.17) is 5.84 Å². The minimum atomic E-state index is 0.509. The van der Waals surface area contributed by atoms with Gasteiger partial charge in [0.25, 0.3) is 0 Å². The van der Waals surface area contributed by atoms with Crippen molar-refractivity contribution in [1.82, 2.24) is 5.01 Å². The summed E-state index contributed by atoms with van der Waals surface area (Å²) in [7, 11) is 0. The van der Waals surface area contributed by atoms with E-state index in [2.05, 4.69) is 39.0 Å². The van der Waals surface area contributed by atoms with Crippen LogP contribution in [0.2, 0.25) is 0 Å². The highest BCUT2D eigenvalue weighted by Crippen LogP contribution is 2.25. The zero-order chi connectivity index (χ0) is 11.7. The number of hydrazine groups is 1. The molecule has 0 spiro atoms. The Morgan fingerprint density at radius 2 is 2.12 bits per heavy atom. The van der Waals surface area contributed by atoms with Crippen LogP contribution in [0.5, 0.6) is 0 Å². The molecule has 88 valence electrons. The molecule has 1 aromatic carbocycles. The summed E-state index contributed by atoms with van der Waals surface area (Å²) in [5.41, 5.74) is 4.24. The number of fused-ring (bicyclic) bond motifs is 1. The van der Waals surface area contributed by atoms with Gasteiger partial charge in [-0.15, -0.1) is 0 Å². The average Bonchev–Trinajstić information content (AvgIpc) is 2.19. The van der Waals surface area contributed by atoms with Crippen molar-refractivity contribution in [3.8, 4) is 0 Å². The summed E-state index contributed by atoms with van der Waals surface area (Å²) in [5.74, 6) is 6.82. The molecule has 0 bridgehead atoms. The smallest absolute Gasteiger partial charge is 0.0385 e. The summed E-state index contributed by atoms with van der Waals surface area (Å²) >= 11 is 0. The first kappa shape index (κ1) is 11.6. The third-order valence-electron chi connectivity index (χ3n) is 3.38. The molecule has 2 rings (SSSR count). The fourth-order valence-electron chi connectivity index (χ4n) is 2.56. The lowest BCUT2D eigenvalue weighted by molar-refractivity contribution is 0.153. The van der Waals surface area contributed by atoms with Gasteiger partial charge in [-0.1, -0.05) is 37.6 Å². The Morgan fingerprint density at radius 1 is 1.38 bits per heavy atom. The van der Waals surface area contributed by atoms with Crippen LogP contribution in [0.1, 0.15) is 37.0 Å². The van der Waals surface area contributed by atoms with Crippen LogP contribution in [0.3, 0.4) is 0 Å². The van der Waals surface area contributed by atoms with Crippen LogP contribution in [0.4, 0.5) is 0 Å². The van der Waals surface area contributed by atoms with Gasteiger partial charge in [-0.05, 0) is 36.8 Å². The topological polar surface area (TPSA) is 29.3 Å². The molecule has 0 saturated heterocycles. The van der Waals surface area contributed by atoms with E-state index in [1.807, 2.05) is 5.01 Å². The molecule has 2 nitrogen and oxygen atoms in total. The van der Waals surface area contributed by atoms with Crippen LogP contribution >= 0.6 is 0 Å². The van der Waals surface area contributed by atoms with Crippen molar-refractivity contribution in [1.29, 1.82) is 0 Å². The molecule has 1 aliphatic heterocycles. The third kappa shape index (κ3) is 2.45. The van der Waals surface area contributed by atoms with Gasteiger partial charge in [0.1, 0.15) is 0 Å². The average molecular weight is 218 g/mol. The molecule has 1 unspecified atom stereocenters. The van der Waals surface area contributed by atoms with Crippen LogP contribution in [0, 0.1) is 12.8 Å². The molecule has 0 radical (unpaired) electrons. The third-order valence-corrected chi connectivity index (χ3v) is 3.38. The van der Waals surface area contributed by atoms with Crippen LogP contribution in [0.25, 0.3) is 0 Å². The number of aryl methyl sites for hydroxylation is 1. The first-order chi connectivity index (χ1) is 7.56. The standard InChI is InChI=1S/C14H22N2/c1-10(2)6-14-8-13-7-11(3)4-5-12(13)9-16(14)15/h4-5,7,10,14H,6,8-9,15H2,1-3H3. The van der Waals surface area contributed by atoms with E-state index in [9.17, 15) is 0 Å². The largest absolute Gasteiger partial charge is 0.268 e. The summed E-state index contributed by atoms with van der Waals surface area (Å²) in [4.78, 5) is 0. The number of nitrogens with zero attached hydrogens (tertiary/aromatic N) is 1. The molecule has 2 N–H and O–H groups in total. The van der Waals surface area contributed by atoms with Crippen LogP contribution in [-0.2, 0) is 13.0 Å². The number of nitrogens with two attached hydrogens (primary N) is 1. The van der Waals surface area contributed by atoms with Gasteiger partial charge in [-0.3, -0.25) is 5.84 Å². The van der Waals surface area contributed by atoms with E-state index < -0.39 is 0 Å². The zero-order valence-electron chi connectivity index (χ0n) is 10.5. The van der Waals surface area contributed by atoms with Crippen molar-refractivity contribution >= 4 is 0 Å². The quantitative estimate of drug-likeness (QED) is 0.773. The summed E-state index contributed by atoms with van der Waals surface area (Å²) in [6.45, 7) is 7.58. The predicted molar refractivity (Wildman–Crippen MR) is 67.9 cm³/mol. The monoisotopic (exact) mass is 218 g/mol. The van der Waals surface area contributed by atoms with Crippen molar-refractivity contribution in [2.45, 2.75) is 46.2 Å². The SMILES string of the molecule is Cc1ccc2c(c1)CC(CC(C)C)N(N)C2. The molecule has 0 fully saturated rings. The predicted octanol–water partition coefficient (Wildman–Crippen LogP) is 2.64. The Bertz CT molecular complexity index is 371. The first-order valence-electron chi connectivity index (χ1n) is 6.16. The normalized spacial score (nSPS) is 21.2. The molecule has 16 heavy (non-hydrogen) atoms. The molecule has 0 aliphatic carbocycles. The van der Waals surface area contributed by atoms with E-state index in [1.54, 1.807) is 0 Å². The van der Waals surface area contributed by atoms with Gasteiger partial charge in [-0.25, -0.2) is 5.01 Å². The molecule has 0 amide bonds. The van der Waals surface area contributed by atoms with Crippen molar-refractivity contribution in [3.63, 3.8) is 0 Å². The Kier molecular flexibility index (Phi) is 3.31. The number of hydrogen-bond donors (Lipinski definition) is 1. The minimum absolute atomic E-state index is 0.509. The zero-order valence-corrected chi connectivity index (χ0v) is 10.5. The molecular weight excluding hydrogens is 196 g/mol. The van der Waals surface area contributed by atoms with Gasteiger partial charge >= 0.3 is 0 Å². The van der Waals surface area contributed by atoms with E-state index in [0.29, 0.717) is 12.0 Å². The number of rotatable bonds is 2. The number of benzene rings is 1. The molecular formula is C14H22N2. The second-order valence-electron chi connectivity index (χ2n) is 5.43. The lowest BCUT2D eigenvalue weighted by Crippen LogP contribution is -2.45. The van der Waals surface area contributed by atoms with E-state index in [1.165, 1.54) is 23.1 Å². The van der Waals surface area contributed by atoms with Crippen LogP contribution in [-0.4, -0.2) is 11.1 Å². The first-order valence-corrected chi connectivity index (χ1v) is 6.16. The summed E-state index contributed by atoms with van der Waals surface area (Å²) < 4.78 is 0. The molecule has 2 heteroatoms. The lowest BCUT2D eigenvalue weighted by atomic mass is 9.89. The van der Waals surface area contributed by atoms with Gasteiger partial charge in [0.05, 0.1) is 0 Å². The fraction of sp³-hybridized carbons (Fsp3) is 0.571. The van der Waals surface area contributed by atoms with Crippen molar-refractivity contribution in [2.24, 2.45) is 11.8 Å². The van der Waals surface area contributed by atoms with Crippen molar-refractivity contribution in [2.75, 3.05) is 0 Å². The lowest BCUT2D eigenvalue weighted by Gasteiger charge is -2.34. The summed E-state index contributed by atoms with van der Waals surface area (Å²) in [6.07, 6.45) is 2.29. The summed E-state index contributed by atoms with van der Waals surface area (Å²) in [6, 6.07) is 7.22. The van der Waals surface area contributed by atoms with E-state index in [0.717, 1.165) is 13.0 Å². The highest BCUT2D eigenvalue weighted by molar-refractivity contribution is 5.33. The maximum absolute atomic E-state index is 6.11. The summed E-state index contributed by atoms with van der Waals surface area (Å²) in [5, 5.41) is 2.01. The fourth-order valence-corrected chi connectivity index (χ4v) is 2.56. The second kappa shape index (κ2) is 4.56. The Morgan fingerprint density at radius 3 is 2.81 bits per heavy atom. The Balaban J connectivity index is 2.19. The van der Waals surface area contributed by atoms with Crippen molar-refractivity contribution < 1.29 is 0 Å². The molecule has 0 aromatic heterocycles. The maximum Gasteiger partial charge on any atom is 0.0385 e. The highest BCUT2D eigenvalue weighted by Gasteiger charge is 2.24. The van der Waals surface area contributed by atoms with Crippen LogP contribution in [0.15, 0.2) is 18.2 Å². The molecule has 1 aliphatic rings. The van der Waals surface area contributed by atoms with Crippen LogP contribution < -0.4 is 5.84 Å². The Hall–Kier alpha value is -0.860. The van der Waals surface area contributed by atoms with Gasteiger partial charge in [0.15, 0.2) is 0 Å². The highest BCUT2D eigenvalue weighted by atomic mass is 15.4. The van der Waals surface area contributed by atoms with Gasteiger partial charge in [0, 0.05) is 12.6 Å².